The van der Waals surface area contributed by atoms with E-state index in [-0.39, 0.29) is 0 Å². The third-order valence-corrected chi connectivity index (χ3v) is 3.64. The van der Waals surface area contributed by atoms with E-state index in [0.717, 1.165) is 31.1 Å². The van der Waals surface area contributed by atoms with Gasteiger partial charge in [-0.3, -0.25) is 0 Å². The molecule has 1 heterocycles. The number of hydrogen-bond donors (Lipinski definition) is 1. The average Bonchev–Trinajstić information content (AvgIpc) is 2.51. The lowest BCUT2D eigenvalue weighted by atomic mass is 10.1. The van der Waals surface area contributed by atoms with Crippen LogP contribution in [0.5, 0.6) is 5.88 Å². The second kappa shape index (κ2) is 7.99. The largest absolute Gasteiger partial charge is 0.477 e. The molecular formula is C18H26N2O. The zero-order valence-electron chi connectivity index (χ0n) is 13.4. The summed E-state index contributed by atoms with van der Waals surface area (Å²) in [6.45, 7) is 9.09. The monoisotopic (exact) mass is 286 g/mol. The fraction of sp³-hybridized carbons (Fsp3) is 0.500. The van der Waals surface area contributed by atoms with Crippen molar-refractivity contribution >= 4 is 10.9 Å². The molecule has 114 valence electrons. The van der Waals surface area contributed by atoms with Gasteiger partial charge in [0.2, 0.25) is 5.88 Å². The lowest BCUT2D eigenvalue weighted by Crippen LogP contribution is -2.13. The van der Waals surface area contributed by atoms with Gasteiger partial charge in [-0.15, -0.1) is 0 Å². The van der Waals surface area contributed by atoms with Crippen LogP contribution in [0.25, 0.3) is 10.9 Å². The highest BCUT2D eigenvalue weighted by atomic mass is 16.5. The number of hydrogen-bond acceptors (Lipinski definition) is 3. The third kappa shape index (κ3) is 4.43. The van der Waals surface area contributed by atoms with Crippen molar-refractivity contribution < 1.29 is 4.74 Å². The van der Waals surface area contributed by atoms with E-state index in [9.17, 15) is 0 Å². The molecule has 21 heavy (non-hydrogen) atoms. The van der Waals surface area contributed by atoms with E-state index in [2.05, 4.69) is 49.3 Å². The fourth-order valence-corrected chi connectivity index (χ4v) is 2.50. The molecule has 0 radical (unpaired) electrons. The molecule has 0 saturated heterocycles. The van der Waals surface area contributed by atoms with Crippen LogP contribution in [-0.2, 0) is 6.54 Å². The van der Waals surface area contributed by atoms with Crippen LogP contribution in [0.1, 0.15) is 39.2 Å². The third-order valence-electron chi connectivity index (χ3n) is 3.64. The Kier molecular flexibility index (Phi) is 6.00. The topological polar surface area (TPSA) is 34.1 Å². The maximum atomic E-state index is 5.91. The molecule has 1 aromatic carbocycles. The van der Waals surface area contributed by atoms with Gasteiger partial charge < -0.3 is 10.1 Å². The molecule has 2 aromatic rings. The van der Waals surface area contributed by atoms with Crippen molar-refractivity contribution in [3.05, 3.63) is 35.9 Å². The minimum atomic E-state index is 0.570. The Morgan fingerprint density at radius 2 is 2.05 bits per heavy atom. The van der Waals surface area contributed by atoms with Crippen LogP contribution < -0.4 is 10.1 Å². The molecule has 3 heteroatoms. The Morgan fingerprint density at radius 3 is 2.81 bits per heavy atom. The minimum Gasteiger partial charge on any atom is -0.477 e. The molecular weight excluding hydrogens is 260 g/mol. The summed E-state index contributed by atoms with van der Waals surface area (Å²) in [6.07, 6.45) is 2.39. The van der Waals surface area contributed by atoms with Crippen molar-refractivity contribution in [1.29, 1.82) is 0 Å². The number of para-hydroxylation sites is 1. The van der Waals surface area contributed by atoms with E-state index in [1.807, 2.05) is 12.1 Å². The quantitative estimate of drug-likeness (QED) is 0.791. The number of ether oxygens (including phenoxy) is 1. The Bertz CT molecular complexity index is 568. The normalized spacial score (nSPS) is 12.5. The Hall–Kier alpha value is -1.61. The van der Waals surface area contributed by atoms with Crippen molar-refractivity contribution in [3.8, 4) is 5.88 Å². The first-order chi connectivity index (χ1) is 10.2. The first-order valence-electron chi connectivity index (χ1n) is 7.96. The van der Waals surface area contributed by atoms with Gasteiger partial charge in [0.15, 0.2) is 0 Å². The second-order valence-electron chi connectivity index (χ2n) is 5.62. The van der Waals surface area contributed by atoms with Crippen LogP contribution in [0.15, 0.2) is 30.3 Å². The van der Waals surface area contributed by atoms with Gasteiger partial charge in [0.25, 0.3) is 0 Å². The molecule has 3 nitrogen and oxygen atoms in total. The van der Waals surface area contributed by atoms with Gasteiger partial charge >= 0.3 is 0 Å². The smallest absolute Gasteiger partial charge is 0.214 e. The van der Waals surface area contributed by atoms with E-state index in [1.165, 1.54) is 23.8 Å². The Balaban J connectivity index is 2.19. The van der Waals surface area contributed by atoms with Crippen molar-refractivity contribution in [2.45, 2.75) is 40.2 Å². The first kappa shape index (κ1) is 15.8. The highest BCUT2D eigenvalue weighted by Gasteiger charge is 2.08. The van der Waals surface area contributed by atoms with Crippen molar-refractivity contribution in [3.63, 3.8) is 0 Å². The molecule has 1 aromatic heterocycles. The van der Waals surface area contributed by atoms with Gasteiger partial charge in [-0.25, -0.2) is 4.98 Å². The summed E-state index contributed by atoms with van der Waals surface area (Å²) in [6, 6.07) is 10.3. The van der Waals surface area contributed by atoms with Gasteiger partial charge in [0.1, 0.15) is 0 Å². The molecule has 0 spiro atoms. The van der Waals surface area contributed by atoms with E-state index in [4.69, 9.17) is 4.74 Å². The minimum absolute atomic E-state index is 0.570. The maximum absolute atomic E-state index is 5.91. The van der Waals surface area contributed by atoms with Crippen molar-refractivity contribution in [1.82, 2.24) is 10.3 Å². The number of nitrogens with zero attached hydrogens (tertiary/aromatic N) is 1. The van der Waals surface area contributed by atoms with Crippen molar-refractivity contribution in [2.75, 3.05) is 13.2 Å². The van der Waals surface area contributed by atoms with Crippen LogP contribution in [-0.4, -0.2) is 18.1 Å². The Labute approximate surface area is 127 Å². The summed E-state index contributed by atoms with van der Waals surface area (Å²) in [7, 11) is 0. The highest BCUT2D eigenvalue weighted by molar-refractivity contribution is 5.82. The van der Waals surface area contributed by atoms with Gasteiger partial charge in [0.05, 0.1) is 12.1 Å². The number of rotatable bonds is 8. The van der Waals surface area contributed by atoms with E-state index in [0.29, 0.717) is 5.92 Å². The van der Waals surface area contributed by atoms with E-state index < -0.39 is 0 Å². The number of fused-ring (bicyclic) bond motifs is 1. The van der Waals surface area contributed by atoms with E-state index >= 15 is 0 Å². The van der Waals surface area contributed by atoms with Gasteiger partial charge in [-0.1, -0.05) is 45.4 Å². The molecule has 0 bridgehead atoms. The SMILES string of the molecule is CCCC(C)COc1cc(CNCC)c2ccccc2n1. The summed E-state index contributed by atoms with van der Waals surface area (Å²) < 4.78 is 5.91. The molecule has 1 unspecified atom stereocenters. The average molecular weight is 286 g/mol. The maximum Gasteiger partial charge on any atom is 0.214 e. The van der Waals surface area contributed by atoms with Crippen molar-refractivity contribution in [2.24, 2.45) is 5.92 Å². The lowest BCUT2D eigenvalue weighted by Gasteiger charge is -2.14. The number of aromatic nitrogens is 1. The standard InChI is InChI=1S/C18H26N2O/c1-4-8-14(3)13-21-18-11-15(12-19-5-2)16-9-6-7-10-17(16)20-18/h6-7,9-11,14,19H,4-5,8,12-13H2,1-3H3. The predicted molar refractivity (Wildman–Crippen MR) is 88.7 cm³/mol. The van der Waals surface area contributed by atoms with Crippen LogP contribution in [0.4, 0.5) is 0 Å². The van der Waals surface area contributed by atoms with Crippen LogP contribution >= 0.6 is 0 Å². The molecule has 0 amide bonds. The fourth-order valence-electron chi connectivity index (χ4n) is 2.50. The van der Waals surface area contributed by atoms with Crippen LogP contribution in [0.3, 0.4) is 0 Å². The molecule has 0 fully saturated rings. The number of pyridine rings is 1. The highest BCUT2D eigenvalue weighted by Crippen LogP contribution is 2.22. The molecule has 1 N–H and O–H groups in total. The predicted octanol–water partition coefficient (Wildman–Crippen LogP) is 4.16. The molecule has 0 aliphatic carbocycles. The summed E-state index contributed by atoms with van der Waals surface area (Å²) in [5, 5.41) is 4.59. The van der Waals surface area contributed by atoms with Gasteiger partial charge in [-0.2, -0.15) is 0 Å². The number of benzene rings is 1. The summed E-state index contributed by atoms with van der Waals surface area (Å²) in [5.74, 6) is 1.31. The molecule has 0 saturated carbocycles. The zero-order valence-corrected chi connectivity index (χ0v) is 13.4. The van der Waals surface area contributed by atoms with Crippen LogP contribution in [0, 0.1) is 5.92 Å². The van der Waals surface area contributed by atoms with E-state index in [1.54, 1.807) is 0 Å². The molecule has 2 rings (SSSR count). The van der Waals surface area contributed by atoms with Crippen LogP contribution in [0.2, 0.25) is 0 Å². The summed E-state index contributed by atoms with van der Waals surface area (Å²) >= 11 is 0. The molecule has 0 aliphatic heterocycles. The molecule has 0 aliphatic rings. The molecule has 1 atom stereocenters. The zero-order chi connectivity index (χ0) is 15.1. The summed E-state index contributed by atoms with van der Waals surface area (Å²) in [5.41, 5.74) is 2.26. The van der Waals surface area contributed by atoms with Gasteiger partial charge in [-0.05, 0) is 30.5 Å². The number of nitrogens with one attached hydrogen (secondary N) is 1. The second-order valence-corrected chi connectivity index (χ2v) is 5.62. The first-order valence-corrected chi connectivity index (χ1v) is 7.96. The van der Waals surface area contributed by atoms with Gasteiger partial charge in [0, 0.05) is 18.0 Å². The Morgan fingerprint density at radius 1 is 1.24 bits per heavy atom. The lowest BCUT2D eigenvalue weighted by molar-refractivity contribution is 0.243. The summed E-state index contributed by atoms with van der Waals surface area (Å²) in [4.78, 5) is 4.63.